The normalized spacial score (nSPS) is 19.1. The van der Waals surface area contributed by atoms with Gasteiger partial charge in [0.25, 0.3) is 0 Å². The number of fused-ring (bicyclic) bond motifs is 1. The first kappa shape index (κ1) is 12.7. The first-order valence-corrected chi connectivity index (χ1v) is 6.70. The van der Waals surface area contributed by atoms with Gasteiger partial charge in [-0.1, -0.05) is 30.9 Å². The highest BCUT2D eigenvalue weighted by molar-refractivity contribution is 5.95. The minimum Gasteiger partial charge on any atom is -0.257 e. The average Bonchev–Trinajstić information content (AvgIpc) is 2.63. The molecule has 1 aromatic rings. The third kappa shape index (κ3) is 2.40. The standard InChI is InChI=1S/C15H16F3N/c1-9-5-11-8-12(7-10-3-2-4-10)19-14(11)13(6-9)15(16,17)18/h5-6,10H,2-4,7-8H2,1H3. The molecule has 0 radical (unpaired) electrons. The Morgan fingerprint density at radius 3 is 2.58 bits per heavy atom. The van der Waals surface area contributed by atoms with Gasteiger partial charge in [-0.3, -0.25) is 4.99 Å². The second-order valence-electron chi connectivity index (χ2n) is 5.67. The van der Waals surface area contributed by atoms with Crippen LogP contribution in [0, 0.1) is 12.8 Å². The lowest BCUT2D eigenvalue weighted by atomic mass is 9.81. The highest BCUT2D eigenvalue weighted by atomic mass is 19.4. The monoisotopic (exact) mass is 267 g/mol. The molecule has 102 valence electrons. The summed E-state index contributed by atoms with van der Waals surface area (Å²) in [4.78, 5) is 4.28. The van der Waals surface area contributed by atoms with Crippen LogP contribution in [0.4, 0.5) is 18.9 Å². The van der Waals surface area contributed by atoms with E-state index in [2.05, 4.69) is 4.99 Å². The van der Waals surface area contributed by atoms with Gasteiger partial charge in [0, 0.05) is 12.1 Å². The zero-order valence-corrected chi connectivity index (χ0v) is 10.8. The van der Waals surface area contributed by atoms with E-state index in [9.17, 15) is 13.2 Å². The van der Waals surface area contributed by atoms with E-state index in [4.69, 9.17) is 0 Å². The third-order valence-electron chi connectivity index (χ3n) is 4.05. The largest absolute Gasteiger partial charge is 0.418 e. The van der Waals surface area contributed by atoms with E-state index in [1.54, 1.807) is 6.92 Å². The third-order valence-corrected chi connectivity index (χ3v) is 4.05. The number of alkyl halides is 3. The molecule has 0 saturated heterocycles. The summed E-state index contributed by atoms with van der Waals surface area (Å²) < 4.78 is 39.1. The van der Waals surface area contributed by atoms with Gasteiger partial charge >= 0.3 is 6.18 Å². The van der Waals surface area contributed by atoms with Crippen LogP contribution in [0.15, 0.2) is 17.1 Å². The highest BCUT2D eigenvalue weighted by Gasteiger charge is 2.36. The van der Waals surface area contributed by atoms with Gasteiger partial charge in [0.05, 0.1) is 11.3 Å². The highest BCUT2D eigenvalue weighted by Crippen LogP contribution is 2.43. The van der Waals surface area contributed by atoms with Crippen LogP contribution in [0.5, 0.6) is 0 Å². The Bertz CT molecular complexity index is 539. The Kier molecular flexibility index (Phi) is 2.91. The minimum atomic E-state index is -4.31. The maximum atomic E-state index is 13.0. The molecule has 0 spiro atoms. The van der Waals surface area contributed by atoms with Crippen molar-refractivity contribution in [3.8, 4) is 0 Å². The smallest absolute Gasteiger partial charge is 0.257 e. The van der Waals surface area contributed by atoms with Crippen LogP contribution in [-0.4, -0.2) is 5.71 Å². The van der Waals surface area contributed by atoms with Gasteiger partial charge in [0.15, 0.2) is 0 Å². The Hall–Kier alpha value is -1.32. The summed E-state index contributed by atoms with van der Waals surface area (Å²) in [6.07, 6.45) is 0.784. The van der Waals surface area contributed by atoms with Crippen LogP contribution >= 0.6 is 0 Å². The second kappa shape index (κ2) is 4.36. The predicted octanol–water partition coefficient (Wildman–Crippen LogP) is 4.83. The Labute approximate surface area is 110 Å². The topological polar surface area (TPSA) is 12.4 Å². The lowest BCUT2D eigenvalue weighted by molar-refractivity contribution is -0.137. The summed E-state index contributed by atoms with van der Waals surface area (Å²) >= 11 is 0. The van der Waals surface area contributed by atoms with Gasteiger partial charge in [-0.15, -0.1) is 0 Å². The van der Waals surface area contributed by atoms with Crippen LogP contribution in [0.3, 0.4) is 0 Å². The quantitative estimate of drug-likeness (QED) is 0.727. The molecule has 0 aromatic heterocycles. The molecule has 1 nitrogen and oxygen atoms in total. The van der Waals surface area contributed by atoms with Crippen LogP contribution in [-0.2, 0) is 12.6 Å². The summed E-state index contributed by atoms with van der Waals surface area (Å²) in [5.41, 5.74) is 1.90. The first-order chi connectivity index (χ1) is 8.93. The molecule has 0 amide bonds. The number of rotatable bonds is 2. The molecular formula is C15H16F3N. The summed E-state index contributed by atoms with van der Waals surface area (Å²) in [6, 6.07) is 3.04. The Balaban J connectivity index is 1.93. The predicted molar refractivity (Wildman–Crippen MR) is 68.9 cm³/mol. The summed E-state index contributed by atoms with van der Waals surface area (Å²) in [5.74, 6) is 0.642. The van der Waals surface area contributed by atoms with Crippen molar-refractivity contribution in [1.29, 1.82) is 0 Å². The van der Waals surface area contributed by atoms with Gasteiger partial charge in [-0.05, 0) is 30.9 Å². The molecule has 1 aliphatic heterocycles. The molecule has 1 heterocycles. The molecule has 1 fully saturated rings. The SMILES string of the molecule is Cc1cc2c(c(C(F)(F)F)c1)N=C(CC1CCC1)C2. The molecule has 1 aromatic carbocycles. The van der Waals surface area contributed by atoms with Crippen molar-refractivity contribution in [3.05, 3.63) is 28.8 Å². The number of halogens is 3. The van der Waals surface area contributed by atoms with Gasteiger partial charge in [-0.25, -0.2) is 0 Å². The summed E-state index contributed by atoms with van der Waals surface area (Å²) in [5, 5.41) is 0. The van der Waals surface area contributed by atoms with Crippen molar-refractivity contribution in [2.24, 2.45) is 10.9 Å². The van der Waals surface area contributed by atoms with E-state index in [1.165, 1.54) is 25.3 Å². The molecule has 4 heteroatoms. The van der Waals surface area contributed by atoms with Crippen LogP contribution in [0.25, 0.3) is 0 Å². The van der Waals surface area contributed by atoms with Gasteiger partial charge < -0.3 is 0 Å². The number of benzene rings is 1. The summed E-state index contributed by atoms with van der Waals surface area (Å²) in [7, 11) is 0. The fraction of sp³-hybridized carbons (Fsp3) is 0.533. The molecule has 1 saturated carbocycles. The number of aryl methyl sites for hydroxylation is 1. The van der Waals surface area contributed by atoms with E-state index in [-0.39, 0.29) is 5.69 Å². The lowest BCUT2D eigenvalue weighted by Crippen LogP contribution is -2.15. The van der Waals surface area contributed by atoms with Crippen molar-refractivity contribution in [2.45, 2.75) is 45.2 Å². The molecule has 3 rings (SSSR count). The number of aliphatic imine (C=N–C) groups is 1. The van der Waals surface area contributed by atoms with E-state index in [0.29, 0.717) is 17.9 Å². The van der Waals surface area contributed by atoms with Gasteiger partial charge in [0.2, 0.25) is 0 Å². The van der Waals surface area contributed by atoms with Crippen LogP contribution in [0.2, 0.25) is 0 Å². The van der Waals surface area contributed by atoms with E-state index in [0.717, 1.165) is 17.7 Å². The fourth-order valence-electron chi connectivity index (χ4n) is 2.90. The zero-order chi connectivity index (χ0) is 13.6. The van der Waals surface area contributed by atoms with Crippen molar-refractivity contribution >= 4 is 11.4 Å². The summed E-state index contributed by atoms with van der Waals surface area (Å²) in [6.45, 7) is 1.71. The van der Waals surface area contributed by atoms with Gasteiger partial charge in [0.1, 0.15) is 0 Å². The fourth-order valence-corrected chi connectivity index (χ4v) is 2.90. The average molecular weight is 267 g/mol. The molecule has 2 aliphatic rings. The van der Waals surface area contributed by atoms with Crippen molar-refractivity contribution in [2.75, 3.05) is 0 Å². The molecule has 0 bridgehead atoms. The molecule has 0 N–H and O–H groups in total. The van der Waals surface area contributed by atoms with E-state index < -0.39 is 11.7 Å². The molecule has 0 atom stereocenters. The number of hydrogen-bond donors (Lipinski definition) is 0. The molecule has 0 unspecified atom stereocenters. The number of nitrogens with zero attached hydrogens (tertiary/aromatic N) is 1. The lowest BCUT2D eigenvalue weighted by Gasteiger charge is -2.24. The van der Waals surface area contributed by atoms with Crippen LogP contribution < -0.4 is 0 Å². The van der Waals surface area contributed by atoms with Crippen molar-refractivity contribution in [3.63, 3.8) is 0 Å². The van der Waals surface area contributed by atoms with Crippen molar-refractivity contribution in [1.82, 2.24) is 0 Å². The first-order valence-electron chi connectivity index (χ1n) is 6.70. The van der Waals surface area contributed by atoms with E-state index >= 15 is 0 Å². The molecule has 19 heavy (non-hydrogen) atoms. The second-order valence-corrected chi connectivity index (χ2v) is 5.67. The molecule has 1 aliphatic carbocycles. The maximum Gasteiger partial charge on any atom is 0.418 e. The maximum absolute atomic E-state index is 13.0. The zero-order valence-electron chi connectivity index (χ0n) is 10.8. The van der Waals surface area contributed by atoms with Crippen molar-refractivity contribution < 1.29 is 13.2 Å². The van der Waals surface area contributed by atoms with Crippen LogP contribution in [0.1, 0.15) is 42.4 Å². The minimum absolute atomic E-state index is 0.160. The Morgan fingerprint density at radius 1 is 1.26 bits per heavy atom. The number of hydrogen-bond acceptors (Lipinski definition) is 1. The molecular weight excluding hydrogens is 251 g/mol. The Morgan fingerprint density at radius 2 is 2.00 bits per heavy atom. The van der Waals surface area contributed by atoms with E-state index in [1.807, 2.05) is 6.07 Å². The van der Waals surface area contributed by atoms with Gasteiger partial charge in [-0.2, -0.15) is 13.2 Å².